The minimum Gasteiger partial charge on any atom is -0.318 e. The molecule has 0 aliphatic heterocycles. The van der Waals surface area contributed by atoms with Gasteiger partial charge in [0, 0.05) is 14.1 Å². The second-order valence-electron chi connectivity index (χ2n) is 3.48. The van der Waals surface area contributed by atoms with Gasteiger partial charge in [-0.15, -0.1) is 0 Å². The Labute approximate surface area is 69.7 Å². The SMILES string of the molecule is [CH2]CC[N+](C)(C)C(=N)N(C)C. The highest BCUT2D eigenvalue weighted by Crippen LogP contribution is 2.01. The lowest BCUT2D eigenvalue weighted by atomic mass is 10.4. The molecular weight excluding hydrogens is 138 g/mol. The number of nitrogens with one attached hydrogen (secondary N) is 1. The van der Waals surface area contributed by atoms with E-state index in [9.17, 15) is 0 Å². The Morgan fingerprint density at radius 3 is 2.18 bits per heavy atom. The van der Waals surface area contributed by atoms with Crippen molar-refractivity contribution in [1.29, 1.82) is 5.41 Å². The zero-order valence-corrected chi connectivity index (χ0v) is 8.02. The van der Waals surface area contributed by atoms with Crippen molar-refractivity contribution in [2.45, 2.75) is 6.42 Å². The summed E-state index contributed by atoms with van der Waals surface area (Å²) >= 11 is 0. The van der Waals surface area contributed by atoms with Crippen LogP contribution in [0.3, 0.4) is 0 Å². The van der Waals surface area contributed by atoms with Crippen molar-refractivity contribution in [2.75, 3.05) is 34.7 Å². The Morgan fingerprint density at radius 2 is 1.91 bits per heavy atom. The number of guanidine groups is 1. The summed E-state index contributed by atoms with van der Waals surface area (Å²) in [7, 11) is 7.83. The third kappa shape index (κ3) is 2.89. The molecule has 0 rings (SSSR count). The van der Waals surface area contributed by atoms with E-state index in [0.29, 0.717) is 10.4 Å². The molecule has 0 saturated heterocycles. The van der Waals surface area contributed by atoms with Crippen LogP contribution in [0.4, 0.5) is 0 Å². The molecule has 65 valence electrons. The van der Waals surface area contributed by atoms with Crippen LogP contribution in [-0.4, -0.2) is 50.1 Å². The molecule has 11 heavy (non-hydrogen) atoms. The van der Waals surface area contributed by atoms with Gasteiger partial charge in [-0.2, -0.15) is 0 Å². The van der Waals surface area contributed by atoms with E-state index in [2.05, 4.69) is 6.92 Å². The van der Waals surface area contributed by atoms with Gasteiger partial charge in [-0.1, -0.05) is 0 Å². The second-order valence-corrected chi connectivity index (χ2v) is 3.48. The van der Waals surface area contributed by atoms with Gasteiger partial charge in [0.05, 0.1) is 20.6 Å². The van der Waals surface area contributed by atoms with Crippen molar-refractivity contribution >= 4 is 5.96 Å². The molecule has 0 unspecified atom stereocenters. The van der Waals surface area contributed by atoms with Crippen LogP contribution < -0.4 is 0 Å². The second kappa shape index (κ2) is 3.72. The van der Waals surface area contributed by atoms with Gasteiger partial charge in [-0.25, -0.2) is 5.41 Å². The smallest absolute Gasteiger partial charge is 0.296 e. The summed E-state index contributed by atoms with van der Waals surface area (Å²) in [5.74, 6) is 0.619. The molecule has 0 amide bonds. The first-order valence-electron chi connectivity index (χ1n) is 3.80. The zero-order chi connectivity index (χ0) is 9.07. The molecule has 0 aromatic carbocycles. The molecule has 3 nitrogen and oxygen atoms in total. The summed E-state index contributed by atoms with van der Waals surface area (Å²) in [6, 6.07) is 0. The summed E-state index contributed by atoms with van der Waals surface area (Å²) in [6.07, 6.45) is 0.864. The lowest BCUT2D eigenvalue weighted by Gasteiger charge is -2.31. The summed E-state index contributed by atoms with van der Waals surface area (Å²) in [6.45, 7) is 4.70. The first-order chi connectivity index (χ1) is 4.91. The van der Waals surface area contributed by atoms with Crippen LogP contribution in [0, 0.1) is 12.3 Å². The molecule has 3 heteroatoms. The van der Waals surface area contributed by atoms with Gasteiger partial charge in [-0.05, 0) is 13.3 Å². The monoisotopic (exact) mass is 157 g/mol. The molecule has 1 N–H and O–H groups in total. The van der Waals surface area contributed by atoms with Crippen molar-refractivity contribution in [3.05, 3.63) is 6.92 Å². The van der Waals surface area contributed by atoms with E-state index in [1.54, 1.807) is 0 Å². The largest absolute Gasteiger partial charge is 0.318 e. The quantitative estimate of drug-likeness (QED) is 0.358. The Hall–Kier alpha value is -0.570. The Kier molecular flexibility index (Phi) is 3.52. The number of rotatable bonds is 2. The van der Waals surface area contributed by atoms with Gasteiger partial charge < -0.3 is 4.90 Å². The molecule has 0 saturated carbocycles. The molecular formula is C8H19N3+. The van der Waals surface area contributed by atoms with E-state index in [4.69, 9.17) is 5.41 Å². The van der Waals surface area contributed by atoms with Crippen LogP contribution >= 0.6 is 0 Å². The lowest BCUT2D eigenvalue weighted by molar-refractivity contribution is -0.805. The maximum Gasteiger partial charge on any atom is 0.296 e. The lowest BCUT2D eigenvalue weighted by Crippen LogP contribution is -2.51. The van der Waals surface area contributed by atoms with Crippen LogP contribution in [0.2, 0.25) is 0 Å². The zero-order valence-electron chi connectivity index (χ0n) is 8.02. The van der Waals surface area contributed by atoms with Crippen LogP contribution in [-0.2, 0) is 0 Å². The topological polar surface area (TPSA) is 27.1 Å². The highest BCUT2D eigenvalue weighted by molar-refractivity contribution is 5.68. The molecule has 0 bridgehead atoms. The fraction of sp³-hybridized carbons (Fsp3) is 0.750. The van der Waals surface area contributed by atoms with Crippen molar-refractivity contribution in [3.8, 4) is 0 Å². The first kappa shape index (κ1) is 10.4. The molecule has 0 aliphatic carbocycles. The summed E-state index contributed by atoms with van der Waals surface area (Å²) in [5, 5.41) is 7.72. The Balaban J connectivity index is 4.17. The number of hydrogen-bond donors (Lipinski definition) is 1. The number of nitrogens with zero attached hydrogens (tertiary/aromatic N) is 2. The predicted octanol–water partition coefficient (Wildman–Crippen LogP) is 0.783. The van der Waals surface area contributed by atoms with Gasteiger partial charge in [0.15, 0.2) is 0 Å². The van der Waals surface area contributed by atoms with Crippen molar-refractivity contribution in [1.82, 2.24) is 4.90 Å². The third-order valence-electron chi connectivity index (χ3n) is 1.71. The fourth-order valence-corrected chi connectivity index (χ4v) is 1.04. The molecule has 0 aromatic rings. The van der Waals surface area contributed by atoms with Crippen LogP contribution in [0.25, 0.3) is 0 Å². The minimum atomic E-state index is 0.608. The van der Waals surface area contributed by atoms with Gasteiger partial charge in [0.25, 0.3) is 5.96 Å². The maximum absolute atomic E-state index is 7.72. The Morgan fingerprint density at radius 1 is 1.45 bits per heavy atom. The Bertz CT molecular complexity index is 138. The summed E-state index contributed by atoms with van der Waals surface area (Å²) in [5.41, 5.74) is 0. The summed E-state index contributed by atoms with van der Waals surface area (Å²) < 4.78 is 0.608. The van der Waals surface area contributed by atoms with Crippen LogP contribution in [0.15, 0.2) is 0 Å². The standard InChI is InChI=1S/C8H19N3/c1-6-7-11(4,5)8(9)10(2)3/h9H,1,6-7H2,2-5H3/q+1. The molecule has 0 atom stereocenters. The van der Waals surface area contributed by atoms with E-state index >= 15 is 0 Å². The van der Waals surface area contributed by atoms with Crippen LogP contribution in [0.1, 0.15) is 6.42 Å². The minimum absolute atomic E-state index is 0.608. The first-order valence-corrected chi connectivity index (χ1v) is 3.80. The predicted molar refractivity (Wildman–Crippen MR) is 48.4 cm³/mol. The van der Waals surface area contributed by atoms with E-state index in [1.807, 2.05) is 33.1 Å². The van der Waals surface area contributed by atoms with Gasteiger partial charge in [0.1, 0.15) is 0 Å². The normalized spacial score (nSPS) is 11.4. The molecule has 0 heterocycles. The molecule has 0 spiro atoms. The molecule has 0 aromatic heterocycles. The highest BCUT2D eigenvalue weighted by atomic mass is 15.4. The van der Waals surface area contributed by atoms with E-state index in [0.717, 1.165) is 13.0 Å². The van der Waals surface area contributed by atoms with Gasteiger partial charge in [0.2, 0.25) is 0 Å². The van der Waals surface area contributed by atoms with Gasteiger partial charge in [-0.3, -0.25) is 4.48 Å². The number of hydrogen-bond acceptors (Lipinski definition) is 1. The van der Waals surface area contributed by atoms with Crippen LogP contribution in [0.5, 0.6) is 0 Å². The highest BCUT2D eigenvalue weighted by Gasteiger charge is 2.22. The number of quaternary nitrogens is 1. The van der Waals surface area contributed by atoms with E-state index < -0.39 is 0 Å². The molecule has 1 radical (unpaired) electrons. The average molecular weight is 157 g/mol. The van der Waals surface area contributed by atoms with Crippen molar-refractivity contribution in [3.63, 3.8) is 0 Å². The van der Waals surface area contributed by atoms with Crippen molar-refractivity contribution in [2.24, 2.45) is 0 Å². The average Bonchev–Trinajstić information content (AvgIpc) is 1.86. The molecule has 0 aliphatic rings. The van der Waals surface area contributed by atoms with E-state index in [1.165, 1.54) is 0 Å². The van der Waals surface area contributed by atoms with E-state index in [-0.39, 0.29) is 0 Å². The maximum atomic E-state index is 7.72. The van der Waals surface area contributed by atoms with Gasteiger partial charge >= 0.3 is 0 Å². The van der Waals surface area contributed by atoms with Crippen molar-refractivity contribution < 1.29 is 4.48 Å². The third-order valence-corrected chi connectivity index (χ3v) is 1.71. The summed E-state index contributed by atoms with van der Waals surface area (Å²) in [4.78, 5) is 1.83. The molecule has 0 fully saturated rings. The fourth-order valence-electron chi connectivity index (χ4n) is 1.04.